The van der Waals surface area contributed by atoms with E-state index in [9.17, 15) is 13.4 Å². The second-order valence-electron chi connectivity index (χ2n) is 6.24. The molecule has 0 spiro atoms. The van der Waals surface area contributed by atoms with E-state index in [0.717, 1.165) is 5.56 Å². The van der Waals surface area contributed by atoms with Crippen LogP contribution in [0.2, 0.25) is 5.02 Å². The molecular weight excluding hydrogens is 393 g/mol. The minimum absolute atomic E-state index is 0.168. The molecule has 0 saturated carbocycles. The molecule has 6 nitrogen and oxygen atoms in total. The van der Waals surface area contributed by atoms with E-state index in [1.165, 1.54) is 24.3 Å². The van der Waals surface area contributed by atoms with Gasteiger partial charge in [0.2, 0.25) is 0 Å². The second kappa shape index (κ2) is 8.79. The van der Waals surface area contributed by atoms with Gasteiger partial charge in [0.15, 0.2) is 0 Å². The average molecular weight is 412 g/mol. The lowest BCUT2D eigenvalue weighted by Gasteiger charge is -2.35. The van der Waals surface area contributed by atoms with E-state index in [1.54, 1.807) is 23.1 Å². The van der Waals surface area contributed by atoms with Gasteiger partial charge in [-0.05, 0) is 35.9 Å². The van der Waals surface area contributed by atoms with Gasteiger partial charge in [-0.3, -0.25) is 19.0 Å². The molecule has 1 amide bonds. The van der Waals surface area contributed by atoms with Gasteiger partial charge in [0.1, 0.15) is 5.82 Å². The van der Waals surface area contributed by atoms with Crippen LogP contribution in [0.4, 0.5) is 10.1 Å². The first-order valence-corrected chi connectivity index (χ1v) is 9.84. The van der Waals surface area contributed by atoms with Gasteiger partial charge in [-0.15, -0.1) is 0 Å². The second-order valence-corrected chi connectivity index (χ2v) is 7.35. The number of anilines is 1. The van der Waals surface area contributed by atoms with Gasteiger partial charge in [-0.2, -0.15) is 0 Å². The number of carbonyl (C=O) groups is 1. The van der Waals surface area contributed by atoms with Crippen LogP contribution in [0.1, 0.15) is 15.9 Å². The molecule has 27 heavy (non-hydrogen) atoms. The molecule has 9 heteroatoms. The first kappa shape index (κ1) is 19.8. The summed E-state index contributed by atoms with van der Waals surface area (Å²) >= 11 is 3.97. The summed E-state index contributed by atoms with van der Waals surface area (Å²) in [7, 11) is 0. The molecule has 0 bridgehead atoms. The zero-order valence-electron chi connectivity index (χ0n) is 14.4. The monoisotopic (exact) mass is 411 g/mol. The number of halogens is 2. The molecule has 2 N–H and O–H groups in total. The standard InChI is InChI=1S/C18H19ClFN3O3S/c19-17-11-15(21-27(25)26)5-6-16(17)18(24)23-9-7-22(8-10-23)12-13-1-3-14(20)4-2-13/h1-6,11,21H,7-10,12H2,(H,25,26). The van der Waals surface area contributed by atoms with Crippen LogP contribution in [0.5, 0.6) is 0 Å². The van der Waals surface area contributed by atoms with Gasteiger partial charge < -0.3 is 4.90 Å². The van der Waals surface area contributed by atoms with Gasteiger partial charge in [-0.25, -0.2) is 8.60 Å². The lowest BCUT2D eigenvalue weighted by molar-refractivity contribution is 0.0628. The predicted molar refractivity (Wildman–Crippen MR) is 103 cm³/mol. The maximum absolute atomic E-state index is 13.0. The molecule has 1 heterocycles. The molecule has 1 atom stereocenters. The minimum atomic E-state index is -2.20. The molecule has 3 rings (SSSR count). The van der Waals surface area contributed by atoms with Crippen molar-refractivity contribution in [2.75, 3.05) is 30.9 Å². The lowest BCUT2D eigenvalue weighted by Crippen LogP contribution is -2.48. The van der Waals surface area contributed by atoms with Crippen molar-refractivity contribution < 1.29 is 17.9 Å². The highest BCUT2D eigenvalue weighted by atomic mass is 35.5. The summed E-state index contributed by atoms with van der Waals surface area (Å²) in [5.74, 6) is -0.421. The van der Waals surface area contributed by atoms with E-state index in [0.29, 0.717) is 44.0 Å². The van der Waals surface area contributed by atoms with Crippen molar-refractivity contribution in [2.24, 2.45) is 0 Å². The number of benzene rings is 2. The smallest absolute Gasteiger partial charge is 0.259 e. The fourth-order valence-corrected chi connectivity index (χ4v) is 3.57. The zero-order valence-corrected chi connectivity index (χ0v) is 16.0. The first-order valence-electron chi connectivity index (χ1n) is 8.35. The number of rotatable bonds is 5. The maximum Gasteiger partial charge on any atom is 0.259 e. The average Bonchev–Trinajstić information content (AvgIpc) is 2.63. The SMILES string of the molecule is O=C(c1ccc(NS(=O)O)cc1Cl)N1CCN(Cc2ccc(F)cc2)CC1. The fraction of sp³-hybridized carbons (Fsp3) is 0.278. The number of amides is 1. The Morgan fingerprint density at radius 2 is 1.81 bits per heavy atom. The molecule has 1 saturated heterocycles. The van der Waals surface area contributed by atoms with E-state index in [-0.39, 0.29) is 16.7 Å². The third kappa shape index (κ3) is 5.26. The Kier molecular flexibility index (Phi) is 6.43. The summed E-state index contributed by atoms with van der Waals surface area (Å²) in [6, 6.07) is 11.0. The summed E-state index contributed by atoms with van der Waals surface area (Å²) in [6.45, 7) is 3.27. The van der Waals surface area contributed by atoms with E-state index in [1.807, 2.05) is 0 Å². The van der Waals surface area contributed by atoms with Crippen LogP contribution in [0.25, 0.3) is 0 Å². The highest BCUT2D eigenvalue weighted by Crippen LogP contribution is 2.23. The van der Waals surface area contributed by atoms with Crippen molar-refractivity contribution in [1.29, 1.82) is 0 Å². The van der Waals surface area contributed by atoms with Crippen LogP contribution in [0.3, 0.4) is 0 Å². The van der Waals surface area contributed by atoms with Crippen LogP contribution >= 0.6 is 11.6 Å². The number of carbonyl (C=O) groups excluding carboxylic acids is 1. The first-order chi connectivity index (χ1) is 12.9. The molecule has 2 aromatic carbocycles. The van der Waals surface area contributed by atoms with Gasteiger partial charge in [0, 0.05) is 38.4 Å². The number of piperazine rings is 1. The van der Waals surface area contributed by atoms with Crippen molar-refractivity contribution >= 4 is 34.5 Å². The third-order valence-electron chi connectivity index (χ3n) is 4.38. The maximum atomic E-state index is 13.0. The largest absolute Gasteiger partial charge is 0.336 e. The highest BCUT2D eigenvalue weighted by Gasteiger charge is 2.23. The number of hydrogen-bond acceptors (Lipinski definition) is 3. The molecular formula is C18H19ClFN3O3S. The van der Waals surface area contributed by atoms with Crippen molar-refractivity contribution in [3.05, 3.63) is 64.4 Å². The Bertz CT molecular complexity index is 842. The number of nitrogens with zero attached hydrogens (tertiary/aromatic N) is 2. The van der Waals surface area contributed by atoms with E-state index >= 15 is 0 Å². The van der Waals surface area contributed by atoms with Crippen molar-refractivity contribution in [2.45, 2.75) is 6.54 Å². The van der Waals surface area contributed by atoms with Gasteiger partial charge in [0.25, 0.3) is 17.2 Å². The van der Waals surface area contributed by atoms with Crippen molar-refractivity contribution in [1.82, 2.24) is 9.80 Å². The summed E-state index contributed by atoms with van der Waals surface area (Å²) in [5, 5.41) is 0.226. The Morgan fingerprint density at radius 3 is 2.41 bits per heavy atom. The Balaban J connectivity index is 1.58. The highest BCUT2D eigenvalue weighted by molar-refractivity contribution is 7.80. The Hall–Kier alpha value is -2.00. The Morgan fingerprint density at radius 1 is 1.15 bits per heavy atom. The van der Waals surface area contributed by atoms with Crippen LogP contribution < -0.4 is 4.72 Å². The molecule has 0 radical (unpaired) electrons. The molecule has 144 valence electrons. The molecule has 0 aliphatic carbocycles. The van der Waals surface area contributed by atoms with E-state index in [4.69, 9.17) is 16.2 Å². The van der Waals surface area contributed by atoms with Crippen LogP contribution in [-0.2, 0) is 17.8 Å². The third-order valence-corrected chi connectivity index (χ3v) is 5.11. The zero-order chi connectivity index (χ0) is 19.4. The van der Waals surface area contributed by atoms with Gasteiger partial charge >= 0.3 is 0 Å². The number of hydrogen-bond donors (Lipinski definition) is 2. The topological polar surface area (TPSA) is 72.9 Å². The Labute approximate surface area is 164 Å². The summed E-state index contributed by atoms with van der Waals surface area (Å²) in [6.07, 6.45) is 0. The van der Waals surface area contributed by atoms with Crippen molar-refractivity contribution in [3.63, 3.8) is 0 Å². The predicted octanol–water partition coefficient (Wildman–Crippen LogP) is 2.99. The van der Waals surface area contributed by atoms with E-state index in [2.05, 4.69) is 9.62 Å². The summed E-state index contributed by atoms with van der Waals surface area (Å²) < 4.78 is 34.9. The summed E-state index contributed by atoms with van der Waals surface area (Å²) in [5.41, 5.74) is 1.75. The lowest BCUT2D eigenvalue weighted by atomic mass is 10.1. The quantitative estimate of drug-likeness (QED) is 0.742. The molecule has 1 aliphatic heterocycles. The molecule has 1 aliphatic rings. The fourth-order valence-electron chi connectivity index (χ4n) is 2.98. The normalized spacial score (nSPS) is 16.2. The summed E-state index contributed by atoms with van der Waals surface area (Å²) in [4.78, 5) is 16.7. The van der Waals surface area contributed by atoms with Crippen molar-refractivity contribution in [3.8, 4) is 0 Å². The molecule has 2 aromatic rings. The molecule has 0 aromatic heterocycles. The van der Waals surface area contributed by atoms with Gasteiger partial charge in [-0.1, -0.05) is 23.7 Å². The van der Waals surface area contributed by atoms with Crippen LogP contribution in [-0.4, -0.2) is 50.6 Å². The van der Waals surface area contributed by atoms with Gasteiger partial charge in [0.05, 0.1) is 10.6 Å². The van der Waals surface area contributed by atoms with Crippen LogP contribution in [0, 0.1) is 5.82 Å². The van der Waals surface area contributed by atoms with E-state index < -0.39 is 11.3 Å². The number of nitrogens with one attached hydrogen (secondary N) is 1. The van der Waals surface area contributed by atoms with Crippen LogP contribution in [0.15, 0.2) is 42.5 Å². The molecule has 1 fully saturated rings. The molecule has 1 unspecified atom stereocenters. The minimum Gasteiger partial charge on any atom is -0.336 e.